The van der Waals surface area contributed by atoms with Gasteiger partial charge < -0.3 is 23.6 Å². The van der Waals surface area contributed by atoms with E-state index in [1.54, 1.807) is 0 Å². The number of rotatable bonds is 11. The molecule has 1 rings (SSSR count). The molecule has 23 heavy (non-hydrogen) atoms. The zero-order valence-electron chi connectivity index (χ0n) is 14.6. The molecule has 0 aliphatic carbocycles. The predicted molar refractivity (Wildman–Crippen MR) is 85.0 cm³/mol. The summed E-state index contributed by atoms with van der Waals surface area (Å²) in [6, 6.07) is 0. The van der Waals surface area contributed by atoms with Crippen molar-refractivity contribution < 1.29 is 37.2 Å². The lowest BCUT2D eigenvalue weighted by Crippen LogP contribution is -2.37. The predicted octanol–water partition coefficient (Wildman–Crippen LogP) is 1.38. The van der Waals surface area contributed by atoms with E-state index in [9.17, 15) is 9.46 Å². The third-order valence-corrected chi connectivity index (χ3v) is 4.26. The minimum Gasteiger partial charge on any atom is -0.382 e. The first-order valence-corrected chi connectivity index (χ1v) is 9.40. The molecular weight excluding hydrogens is 325 g/mol. The molecule has 138 valence electrons. The van der Waals surface area contributed by atoms with Crippen molar-refractivity contribution in [2.24, 2.45) is 0 Å². The van der Waals surface area contributed by atoms with Crippen molar-refractivity contribution in [3.05, 3.63) is 0 Å². The van der Waals surface area contributed by atoms with Crippen LogP contribution in [0.4, 0.5) is 0 Å². The van der Waals surface area contributed by atoms with Crippen LogP contribution in [0, 0.1) is 0 Å². The minimum absolute atomic E-state index is 0.0914. The summed E-state index contributed by atoms with van der Waals surface area (Å²) < 4.78 is 38.8. The Morgan fingerprint density at radius 3 is 2.57 bits per heavy atom. The first kappa shape index (κ1) is 21.0. The van der Waals surface area contributed by atoms with Crippen molar-refractivity contribution in [2.45, 2.75) is 31.7 Å². The largest absolute Gasteiger partial charge is 0.472 e. The van der Waals surface area contributed by atoms with Crippen LogP contribution in [0.5, 0.6) is 0 Å². The summed E-state index contributed by atoms with van der Waals surface area (Å²) in [4.78, 5) is 9.71. The second kappa shape index (κ2) is 10.1. The van der Waals surface area contributed by atoms with Crippen LogP contribution in [0.25, 0.3) is 0 Å². The topological polar surface area (TPSA) is 83.5 Å². The number of phosphoric ester groups is 1. The zero-order chi connectivity index (χ0) is 17.3. The van der Waals surface area contributed by atoms with Gasteiger partial charge in [0.05, 0.1) is 34.4 Å². The maximum absolute atomic E-state index is 11.9. The molecule has 1 aliphatic rings. The maximum atomic E-state index is 11.9. The van der Waals surface area contributed by atoms with Gasteiger partial charge in [0.1, 0.15) is 19.3 Å². The Hall–Kier alpha value is -0.0500. The molecule has 0 saturated carbocycles. The van der Waals surface area contributed by atoms with Crippen LogP contribution in [0.1, 0.15) is 19.3 Å². The van der Waals surface area contributed by atoms with Gasteiger partial charge in [0.15, 0.2) is 6.29 Å². The molecule has 3 unspecified atom stereocenters. The summed E-state index contributed by atoms with van der Waals surface area (Å²) in [7, 11) is 3.35. The zero-order valence-corrected chi connectivity index (χ0v) is 15.5. The number of methoxy groups -OCH3 is 1. The smallest absolute Gasteiger partial charge is 0.382 e. The first-order chi connectivity index (χ1) is 10.7. The van der Waals surface area contributed by atoms with E-state index >= 15 is 0 Å². The van der Waals surface area contributed by atoms with Gasteiger partial charge in [0.25, 0.3) is 0 Å². The number of quaternary nitrogens is 1. The normalized spacial score (nSPS) is 23.4. The third kappa shape index (κ3) is 10.4. The molecule has 0 aromatic rings. The molecule has 3 atom stereocenters. The van der Waals surface area contributed by atoms with Crippen LogP contribution >= 0.6 is 7.82 Å². The second-order valence-electron chi connectivity index (χ2n) is 6.62. The average molecular weight is 356 g/mol. The van der Waals surface area contributed by atoms with E-state index in [0.717, 1.165) is 19.3 Å². The standard InChI is InChI=1S/C14H30NO7P/c1-15(2,3)8-10-20-23(16,17)21-12-13(11-18-4)22-14-7-5-6-9-19-14/h13-14H,5-12H2,1-4H3/p+1. The highest BCUT2D eigenvalue weighted by Gasteiger charge is 2.27. The number of nitrogens with zero attached hydrogens (tertiary/aromatic N) is 1. The first-order valence-electron chi connectivity index (χ1n) is 7.90. The molecule has 0 aromatic carbocycles. The maximum Gasteiger partial charge on any atom is 0.472 e. The third-order valence-electron chi connectivity index (χ3n) is 3.27. The van der Waals surface area contributed by atoms with Gasteiger partial charge >= 0.3 is 7.82 Å². The Morgan fingerprint density at radius 1 is 1.26 bits per heavy atom. The minimum atomic E-state index is -4.10. The van der Waals surface area contributed by atoms with Crippen molar-refractivity contribution in [2.75, 3.05) is 61.2 Å². The van der Waals surface area contributed by atoms with Gasteiger partial charge in [-0.3, -0.25) is 9.05 Å². The van der Waals surface area contributed by atoms with Crippen molar-refractivity contribution in [3.8, 4) is 0 Å². The Bertz CT molecular complexity index is 369. The van der Waals surface area contributed by atoms with E-state index in [4.69, 9.17) is 23.3 Å². The molecule has 9 heteroatoms. The Labute approximate surface area is 138 Å². The monoisotopic (exact) mass is 356 g/mol. The average Bonchev–Trinajstić information content (AvgIpc) is 2.44. The second-order valence-corrected chi connectivity index (χ2v) is 8.07. The van der Waals surface area contributed by atoms with Gasteiger partial charge in [-0.25, -0.2) is 4.57 Å². The molecule has 0 aromatic heterocycles. The summed E-state index contributed by atoms with van der Waals surface area (Å²) in [6.45, 7) is 1.56. The van der Waals surface area contributed by atoms with Crippen molar-refractivity contribution >= 4 is 7.82 Å². The molecule has 0 spiro atoms. The van der Waals surface area contributed by atoms with Crippen molar-refractivity contribution in [3.63, 3.8) is 0 Å². The summed E-state index contributed by atoms with van der Waals surface area (Å²) in [5.41, 5.74) is 0. The summed E-state index contributed by atoms with van der Waals surface area (Å²) in [6.07, 6.45) is 2.07. The molecule has 8 nitrogen and oxygen atoms in total. The lowest BCUT2D eigenvalue weighted by molar-refractivity contribution is -0.870. The van der Waals surface area contributed by atoms with Crippen LogP contribution in [-0.4, -0.2) is 83.0 Å². The van der Waals surface area contributed by atoms with Gasteiger partial charge in [0.2, 0.25) is 0 Å². The van der Waals surface area contributed by atoms with Gasteiger partial charge in [0, 0.05) is 13.7 Å². The Morgan fingerprint density at radius 2 is 2.00 bits per heavy atom. The van der Waals surface area contributed by atoms with E-state index < -0.39 is 13.9 Å². The SMILES string of the molecule is COCC(COP(=O)(O)OCC[N+](C)(C)C)OC1CCCCO1. The number of ether oxygens (including phenoxy) is 3. The quantitative estimate of drug-likeness (QED) is 0.442. The molecule has 1 saturated heterocycles. The highest BCUT2D eigenvalue weighted by atomic mass is 31.2. The fourth-order valence-corrected chi connectivity index (χ4v) is 2.73. The molecular formula is C14H31NO7P+. The number of hydrogen-bond donors (Lipinski definition) is 1. The number of likely N-dealkylation sites (N-methyl/N-ethyl adjacent to an activating group) is 1. The Kier molecular flexibility index (Phi) is 9.18. The summed E-state index contributed by atoms with van der Waals surface area (Å²) in [5.74, 6) is 0. The highest BCUT2D eigenvalue weighted by molar-refractivity contribution is 7.47. The van der Waals surface area contributed by atoms with Crippen LogP contribution in [0.15, 0.2) is 0 Å². The molecule has 1 aliphatic heterocycles. The van der Waals surface area contributed by atoms with Gasteiger partial charge in [-0.15, -0.1) is 0 Å². The van der Waals surface area contributed by atoms with E-state index in [0.29, 0.717) is 17.6 Å². The molecule has 1 N–H and O–H groups in total. The number of phosphoric acid groups is 1. The fraction of sp³-hybridized carbons (Fsp3) is 1.00. The molecule has 0 bridgehead atoms. The van der Waals surface area contributed by atoms with Crippen molar-refractivity contribution in [1.82, 2.24) is 0 Å². The molecule has 1 fully saturated rings. The van der Waals surface area contributed by atoms with E-state index in [2.05, 4.69) is 0 Å². The van der Waals surface area contributed by atoms with Gasteiger partial charge in [-0.2, -0.15) is 0 Å². The van der Waals surface area contributed by atoms with E-state index in [-0.39, 0.29) is 26.1 Å². The lowest BCUT2D eigenvalue weighted by atomic mass is 10.2. The van der Waals surface area contributed by atoms with Crippen LogP contribution < -0.4 is 0 Å². The van der Waals surface area contributed by atoms with Crippen LogP contribution in [-0.2, 0) is 27.8 Å². The van der Waals surface area contributed by atoms with Gasteiger partial charge in [-0.05, 0) is 19.3 Å². The molecule has 0 amide bonds. The van der Waals surface area contributed by atoms with Crippen LogP contribution in [0.3, 0.4) is 0 Å². The fourth-order valence-electron chi connectivity index (χ4n) is 1.99. The molecule has 1 heterocycles. The Balaban J connectivity index is 2.35. The summed E-state index contributed by atoms with van der Waals surface area (Å²) in [5, 5.41) is 0. The van der Waals surface area contributed by atoms with Crippen molar-refractivity contribution in [1.29, 1.82) is 0 Å². The van der Waals surface area contributed by atoms with E-state index in [1.165, 1.54) is 7.11 Å². The van der Waals surface area contributed by atoms with Crippen LogP contribution in [0.2, 0.25) is 0 Å². The van der Waals surface area contributed by atoms with Gasteiger partial charge in [-0.1, -0.05) is 0 Å². The highest BCUT2D eigenvalue weighted by Crippen LogP contribution is 2.43. The number of hydrogen-bond acceptors (Lipinski definition) is 6. The van der Waals surface area contributed by atoms with E-state index in [1.807, 2.05) is 21.1 Å². The summed E-state index contributed by atoms with van der Waals surface area (Å²) >= 11 is 0. The lowest BCUT2D eigenvalue weighted by Gasteiger charge is -2.28. The molecule has 0 radical (unpaired) electrons.